The van der Waals surface area contributed by atoms with Gasteiger partial charge in [-0.05, 0) is 20.3 Å². The second-order valence-electron chi connectivity index (χ2n) is 3.30. The van der Waals surface area contributed by atoms with Gasteiger partial charge < -0.3 is 10.6 Å². The molecule has 0 atom stereocenters. The Kier molecular flexibility index (Phi) is 7.30. The van der Waals surface area contributed by atoms with Crippen LogP contribution in [-0.4, -0.2) is 48.6 Å². The molecule has 98 valence electrons. The molecule has 3 N–H and O–H groups in total. The number of carbonyl (C=O) groups is 1. The monoisotopic (exact) mass is 256 g/mol. The Labute approximate surface area is 96.1 Å². The first-order valence-electron chi connectivity index (χ1n) is 4.97. The SMILES string of the molecule is CCC[N+](CC)(CC)S(=O)(=O)NC(=O)O.[OH-]. The molecule has 0 radical (unpaired) electrons. The molecule has 0 aromatic heterocycles. The summed E-state index contributed by atoms with van der Waals surface area (Å²) in [6.07, 6.45) is -0.849. The van der Waals surface area contributed by atoms with E-state index >= 15 is 0 Å². The van der Waals surface area contributed by atoms with Crippen LogP contribution in [-0.2, 0) is 10.2 Å². The van der Waals surface area contributed by atoms with Gasteiger partial charge in [0.05, 0.1) is 19.6 Å². The average molecular weight is 256 g/mol. The van der Waals surface area contributed by atoms with Crippen molar-refractivity contribution in [3.63, 3.8) is 0 Å². The number of amides is 1. The minimum atomic E-state index is -3.86. The Balaban J connectivity index is 0. The summed E-state index contributed by atoms with van der Waals surface area (Å²) in [5.74, 6) is 0. The fourth-order valence-corrected chi connectivity index (χ4v) is 3.13. The molecule has 0 aromatic rings. The van der Waals surface area contributed by atoms with Gasteiger partial charge in [-0.1, -0.05) is 6.92 Å². The third-order valence-corrected chi connectivity index (χ3v) is 4.66. The van der Waals surface area contributed by atoms with Crippen molar-refractivity contribution in [3.05, 3.63) is 0 Å². The van der Waals surface area contributed by atoms with Crippen LogP contribution >= 0.6 is 0 Å². The highest BCUT2D eigenvalue weighted by atomic mass is 32.2. The van der Waals surface area contributed by atoms with E-state index < -0.39 is 16.3 Å². The van der Waals surface area contributed by atoms with Crippen molar-refractivity contribution in [1.82, 2.24) is 4.72 Å². The molecule has 0 bridgehead atoms. The molecule has 0 aliphatic carbocycles. The third kappa shape index (κ3) is 3.62. The van der Waals surface area contributed by atoms with E-state index in [-0.39, 0.29) is 9.36 Å². The fourth-order valence-electron chi connectivity index (χ4n) is 1.61. The number of carboxylic acid groups (broad SMARTS) is 1. The number of hydrogen-bond donors (Lipinski definition) is 2. The number of nitrogens with one attached hydrogen (secondary N) is 1. The zero-order valence-corrected chi connectivity index (χ0v) is 10.6. The molecule has 0 saturated heterocycles. The van der Waals surface area contributed by atoms with Crippen molar-refractivity contribution in [2.45, 2.75) is 27.2 Å². The van der Waals surface area contributed by atoms with E-state index in [9.17, 15) is 13.2 Å². The van der Waals surface area contributed by atoms with Gasteiger partial charge in [0.15, 0.2) is 0 Å². The van der Waals surface area contributed by atoms with E-state index in [1.807, 2.05) is 6.92 Å². The van der Waals surface area contributed by atoms with E-state index in [1.165, 1.54) is 0 Å². The predicted octanol–water partition coefficient (Wildman–Crippen LogP) is 0.589. The smallest absolute Gasteiger partial charge is 0.422 e. The number of rotatable bonds is 6. The Bertz CT molecular complexity index is 310. The third-order valence-electron chi connectivity index (χ3n) is 2.51. The van der Waals surface area contributed by atoms with Crippen molar-refractivity contribution in [1.29, 1.82) is 0 Å². The van der Waals surface area contributed by atoms with Gasteiger partial charge in [0.1, 0.15) is 0 Å². The first kappa shape index (κ1) is 17.5. The lowest BCUT2D eigenvalue weighted by molar-refractivity contribution is -0.803. The average Bonchev–Trinajstić information content (AvgIpc) is 2.11. The lowest BCUT2D eigenvalue weighted by Crippen LogP contribution is -2.58. The van der Waals surface area contributed by atoms with E-state index in [2.05, 4.69) is 0 Å². The molecule has 0 rings (SSSR count). The van der Waals surface area contributed by atoms with E-state index in [0.717, 1.165) is 0 Å². The predicted molar refractivity (Wildman–Crippen MR) is 58.5 cm³/mol. The molecule has 0 saturated carbocycles. The quantitative estimate of drug-likeness (QED) is 0.675. The number of quaternary nitrogens is 1. The van der Waals surface area contributed by atoms with Gasteiger partial charge in [-0.25, -0.2) is 8.68 Å². The summed E-state index contributed by atoms with van der Waals surface area (Å²) in [4.78, 5) is 10.4. The van der Waals surface area contributed by atoms with Crippen LogP contribution in [0.4, 0.5) is 4.79 Å². The lowest BCUT2D eigenvalue weighted by atomic mass is 10.4. The van der Waals surface area contributed by atoms with E-state index in [0.29, 0.717) is 26.1 Å². The van der Waals surface area contributed by atoms with Gasteiger partial charge >= 0.3 is 16.3 Å². The van der Waals surface area contributed by atoms with Crippen LogP contribution in [0, 0.1) is 0 Å². The molecule has 0 spiro atoms. The molecule has 0 fully saturated rings. The maximum absolute atomic E-state index is 11.8. The number of nitrogens with zero attached hydrogens (tertiary/aromatic N) is 1. The highest BCUT2D eigenvalue weighted by molar-refractivity contribution is 7.84. The zero-order chi connectivity index (χ0) is 12.1. The highest BCUT2D eigenvalue weighted by Crippen LogP contribution is 2.14. The zero-order valence-electron chi connectivity index (χ0n) is 9.80. The summed E-state index contributed by atoms with van der Waals surface area (Å²) in [5.41, 5.74) is 0. The highest BCUT2D eigenvalue weighted by Gasteiger charge is 2.39. The minimum absolute atomic E-state index is 0. The molecule has 0 aromatic carbocycles. The van der Waals surface area contributed by atoms with Crippen LogP contribution in [0.25, 0.3) is 0 Å². The number of hydrogen-bond acceptors (Lipinski definition) is 4. The molecule has 0 aliphatic rings. The first-order chi connectivity index (χ1) is 6.85. The second-order valence-corrected chi connectivity index (χ2v) is 5.23. The summed E-state index contributed by atoms with van der Waals surface area (Å²) in [7, 11) is -3.86. The van der Waals surface area contributed by atoms with Crippen molar-refractivity contribution >= 4 is 16.3 Å². The van der Waals surface area contributed by atoms with E-state index in [1.54, 1.807) is 18.6 Å². The van der Waals surface area contributed by atoms with E-state index in [4.69, 9.17) is 5.11 Å². The van der Waals surface area contributed by atoms with Crippen molar-refractivity contribution in [3.8, 4) is 0 Å². The Morgan fingerprint density at radius 2 is 1.69 bits per heavy atom. The molecule has 1 amide bonds. The van der Waals surface area contributed by atoms with Crippen molar-refractivity contribution in [2.75, 3.05) is 19.6 Å². The Morgan fingerprint density at radius 1 is 1.25 bits per heavy atom. The summed E-state index contributed by atoms with van der Waals surface area (Å²) in [6.45, 7) is 6.46. The largest absolute Gasteiger partial charge is 0.870 e. The molecule has 0 heterocycles. The molecule has 16 heavy (non-hydrogen) atoms. The van der Waals surface area contributed by atoms with Crippen LogP contribution in [0.3, 0.4) is 0 Å². The summed E-state index contributed by atoms with van der Waals surface area (Å²) < 4.78 is 25.0. The fraction of sp³-hybridized carbons (Fsp3) is 0.875. The minimum Gasteiger partial charge on any atom is -0.870 e. The van der Waals surface area contributed by atoms with Gasteiger partial charge in [0, 0.05) is 0 Å². The standard InChI is InChI=1S/C8H18N2O4S.H2O/c1-4-7-10(5-2,6-3)15(13,14)9-8(11)12;/h9H,4-7H2,1-3H3;1H2. The normalized spacial score (nSPS) is 11.7. The van der Waals surface area contributed by atoms with Gasteiger partial charge in [0.25, 0.3) is 0 Å². The van der Waals surface area contributed by atoms with Gasteiger partial charge in [-0.15, -0.1) is 0 Å². The summed E-state index contributed by atoms with van der Waals surface area (Å²) in [5, 5.41) is 8.47. The molecule has 7 nitrogen and oxygen atoms in total. The van der Waals surface area contributed by atoms with Gasteiger partial charge in [-0.2, -0.15) is 13.1 Å². The van der Waals surface area contributed by atoms with Crippen LogP contribution in [0.1, 0.15) is 27.2 Å². The summed E-state index contributed by atoms with van der Waals surface area (Å²) in [6, 6.07) is 0. The first-order valence-corrected chi connectivity index (χ1v) is 6.41. The van der Waals surface area contributed by atoms with Crippen molar-refractivity contribution in [2.24, 2.45) is 0 Å². The topological polar surface area (TPSA) is 113 Å². The van der Waals surface area contributed by atoms with Crippen LogP contribution in [0.5, 0.6) is 0 Å². The molecular weight excluding hydrogens is 236 g/mol. The summed E-state index contributed by atoms with van der Waals surface area (Å²) >= 11 is 0. The van der Waals surface area contributed by atoms with Gasteiger partial charge in [-0.3, -0.25) is 0 Å². The molecule has 0 unspecified atom stereocenters. The van der Waals surface area contributed by atoms with Crippen LogP contribution < -0.4 is 4.72 Å². The second kappa shape index (κ2) is 6.66. The van der Waals surface area contributed by atoms with Gasteiger partial charge in [0.2, 0.25) is 0 Å². The molecule has 8 heteroatoms. The molecular formula is C8H20N2O5S. The van der Waals surface area contributed by atoms with Crippen LogP contribution in [0.15, 0.2) is 0 Å². The van der Waals surface area contributed by atoms with Crippen molar-refractivity contribution < 1.29 is 27.7 Å². The lowest BCUT2D eigenvalue weighted by Gasteiger charge is -2.33. The maximum Gasteiger partial charge on any atom is 0.422 e. The molecule has 0 aliphatic heterocycles. The Morgan fingerprint density at radius 3 is 1.94 bits per heavy atom. The maximum atomic E-state index is 11.8. The van der Waals surface area contributed by atoms with Crippen LogP contribution in [0.2, 0.25) is 0 Å². The Hall–Kier alpha value is -0.860.